The predicted molar refractivity (Wildman–Crippen MR) is 95.3 cm³/mol. The molecule has 26 heavy (non-hydrogen) atoms. The third-order valence-corrected chi connectivity index (χ3v) is 5.51. The first-order chi connectivity index (χ1) is 12.6. The van der Waals surface area contributed by atoms with Crippen molar-refractivity contribution in [3.63, 3.8) is 0 Å². The summed E-state index contributed by atoms with van der Waals surface area (Å²) in [5.74, 6) is 1.13. The van der Waals surface area contributed by atoms with Crippen molar-refractivity contribution in [3.05, 3.63) is 53.7 Å². The maximum atomic E-state index is 13.1. The van der Waals surface area contributed by atoms with Gasteiger partial charge < -0.3 is 14.2 Å². The molecule has 2 aliphatic rings. The number of rotatable bonds is 3. The Kier molecular flexibility index (Phi) is 4.26. The van der Waals surface area contributed by atoms with E-state index in [1.54, 1.807) is 29.4 Å². The molecule has 0 aromatic carbocycles. The number of amides is 2. The van der Waals surface area contributed by atoms with Crippen molar-refractivity contribution >= 4 is 11.8 Å². The molecule has 0 saturated carbocycles. The van der Waals surface area contributed by atoms with Gasteiger partial charge in [0, 0.05) is 38.6 Å². The highest BCUT2D eigenvalue weighted by Gasteiger charge is 2.49. The van der Waals surface area contributed by atoms with Gasteiger partial charge in [0.15, 0.2) is 5.76 Å². The van der Waals surface area contributed by atoms with Crippen LogP contribution < -0.4 is 0 Å². The molecule has 1 unspecified atom stereocenters. The number of piperidine rings is 1. The number of nitrogens with zero attached hydrogens (tertiary/aromatic N) is 3. The fourth-order valence-corrected chi connectivity index (χ4v) is 4.14. The molecule has 0 N–H and O–H groups in total. The van der Waals surface area contributed by atoms with E-state index in [4.69, 9.17) is 4.42 Å². The van der Waals surface area contributed by atoms with E-state index in [1.807, 2.05) is 24.0 Å². The summed E-state index contributed by atoms with van der Waals surface area (Å²) in [7, 11) is 0. The van der Waals surface area contributed by atoms with E-state index < -0.39 is 5.41 Å². The second kappa shape index (κ2) is 6.59. The average molecular weight is 353 g/mol. The normalized spacial score (nSPS) is 23.0. The van der Waals surface area contributed by atoms with Gasteiger partial charge in [-0.1, -0.05) is 6.07 Å². The van der Waals surface area contributed by atoms with Crippen LogP contribution in [-0.2, 0) is 11.3 Å². The molecule has 6 heteroatoms. The Bertz CT molecular complexity index is 817. The van der Waals surface area contributed by atoms with E-state index in [9.17, 15) is 9.59 Å². The Balaban J connectivity index is 1.48. The fraction of sp³-hybridized carbons (Fsp3) is 0.450. The zero-order valence-electron chi connectivity index (χ0n) is 15.0. The van der Waals surface area contributed by atoms with Crippen LogP contribution in [0.5, 0.6) is 0 Å². The summed E-state index contributed by atoms with van der Waals surface area (Å²) in [5, 5.41) is 0. The maximum Gasteiger partial charge on any atom is 0.289 e. The van der Waals surface area contributed by atoms with Gasteiger partial charge in [0.2, 0.25) is 5.91 Å². The molecule has 1 atom stereocenters. The van der Waals surface area contributed by atoms with Gasteiger partial charge in [0.25, 0.3) is 5.91 Å². The lowest BCUT2D eigenvalue weighted by atomic mass is 9.78. The number of pyridine rings is 1. The molecule has 6 nitrogen and oxygen atoms in total. The summed E-state index contributed by atoms with van der Waals surface area (Å²) in [5.41, 5.74) is 0.588. The monoisotopic (exact) mass is 353 g/mol. The number of hydrogen-bond acceptors (Lipinski definition) is 4. The van der Waals surface area contributed by atoms with Gasteiger partial charge in [-0.25, -0.2) is 0 Å². The Labute approximate surface area is 152 Å². The van der Waals surface area contributed by atoms with Crippen molar-refractivity contribution in [1.82, 2.24) is 14.8 Å². The zero-order valence-corrected chi connectivity index (χ0v) is 15.0. The van der Waals surface area contributed by atoms with E-state index >= 15 is 0 Å². The smallest absolute Gasteiger partial charge is 0.289 e. The summed E-state index contributed by atoms with van der Waals surface area (Å²) in [6.45, 7) is 4.30. The lowest BCUT2D eigenvalue weighted by Crippen LogP contribution is -2.49. The van der Waals surface area contributed by atoms with E-state index in [1.165, 1.54) is 0 Å². The number of furan rings is 1. The first-order valence-corrected chi connectivity index (χ1v) is 9.11. The van der Waals surface area contributed by atoms with Gasteiger partial charge in [0.1, 0.15) is 5.76 Å². The first kappa shape index (κ1) is 16.8. The molecule has 2 aromatic rings. The third kappa shape index (κ3) is 3.00. The summed E-state index contributed by atoms with van der Waals surface area (Å²) in [6, 6.07) is 7.38. The van der Waals surface area contributed by atoms with E-state index in [-0.39, 0.29) is 11.8 Å². The van der Waals surface area contributed by atoms with Gasteiger partial charge in [-0.3, -0.25) is 14.6 Å². The van der Waals surface area contributed by atoms with Crippen molar-refractivity contribution in [1.29, 1.82) is 0 Å². The molecule has 2 saturated heterocycles. The topological polar surface area (TPSA) is 66.7 Å². The molecule has 4 heterocycles. The van der Waals surface area contributed by atoms with Crippen LogP contribution >= 0.6 is 0 Å². The number of hydrogen-bond donors (Lipinski definition) is 0. The molecular formula is C20H23N3O3. The van der Waals surface area contributed by atoms with Crippen molar-refractivity contribution in [3.8, 4) is 0 Å². The average Bonchev–Trinajstić information content (AvgIpc) is 3.22. The quantitative estimate of drug-likeness (QED) is 0.851. The minimum Gasteiger partial charge on any atom is -0.456 e. The molecular weight excluding hydrogens is 330 g/mol. The number of aryl methyl sites for hydroxylation is 1. The predicted octanol–water partition coefficient (Wildman–Crippen LogP) is 2.64. The Morgan fingerprint density at radius 3 is 2.88 bits per heavy atom. The summed E-state index contributed by atoms with van der Waals surface area (Å²) in [6.07, 6.45) is 6.02. The number of carbonyl (C=O) groups is 2. The molecule has 2 amide bonds. The highest BCUT2D eigenvalue weighted by molar-refractivity contribution is 5.93. The van der Waals surface area contributed by atoms with Crippen LogP contribution in [0.4, 0.5) is 0 Å². The first-order valence-electron chi connectivity index (χ1n) is 9.11. The Morgan fingerprint density at radius 2 is 2.15 bits per heavy atom. The molecule has 4 rings (SSSR count). The fourth-order valence-electron chi connectivity index (χ4n) is 4.14. The maximum absolute atomic E-state index is 13.1. The summed E-state index contributed by atoms with van der Waals surface area (Å²) >= 11 is 0. The molecule has 2 fully saturated rings. The molecule has 0 radical (unpaired) electrons. The minimum atomic E-state index is -0.447. The van der Waals surface area contributed by atoms with Gasteiger partial charge in [-0.15, -0.1) is 0 Å². The van der Waals surface area contributed by atoms with Crippen LogP contribution in [0.3, 0.4) is 0 Å². The van der Waals surface area contributed by atoms with Crippen molar-refractivity contribution in [2.75, 3.05) is 19.6 Å². The molecule has 1 spiro atoms. The number of aromatic nitrogens is 1. The minimum absolute atomic E-state index is 0.115. The molecule has 0 aliphatic carbocycles. The summed E-state index contributed by atoms with van der Waals surface area (Å²) < 4.78 is 5.48. The lowest BCUT2D eigenvalue weighted by Gasteiger charge is -2.38. The van der Waals surface area contributed by atoms with Gasteiger partial charge in [-0.05, 0) is 49.9 Å². The highest BCUT2D eigenvalue weighted by atomic mass is 16.3. The van der Waals surface area contributed by atoms with Gasteiger partial charge in [-0.2, -0.15) is 0 Å². The lowest BCUT2D eigenvalue weighted by molar-refractivity contribution is -0.138. The standard InChI is InChI=1S/C20H23N3O3/c1-15-5-6-17(26-15)18(24)23-10-3-7-20(14-23)8-11-22(19(20)25)13-16-4-2-9-21-12-16/h2,4-6,9,12H,3,7-8,10-11,13-14H2,1H3. The van der Waals surface area contributed by atoms with E-state index in [0.717, 1.165) is 37.1 Å². The highest BCUT2D eigenvalue weighted by Crippen LogP contribution is 2.41. The Hall–Kier alpha value is -2.63. The van der Waals surface area contributed by atoms with Crippen LogP contribution in [0, 0.1) is 12.3 Å². The van der Waals surface area contributed by atoms with Crippen molar-refractivity contribution in [2.45, 2.75) is 32.7 Å². The molecule has 136 valence electrons. The molecule has 0 bridgehead atoms. The van der Waals surface area contributed by atoms with Crippen LogP contribution in [-0.4, -0.2) is 46.2 Å². The third-order valence-electron chi connectivity index (χ3n) is 5.51. The second-order valence-electron chi connectivity index (χ2n) is 7.36. The van der Waals surface area contributed by atoms with Crippen molar-refractivity contribution < 1.29 is 14.0 Å². The van der Waals surface area contributed by atoms with Gasteiger partial charge >= 0.3 is 0 Å². The second-order valence-corrected chi connectivity index (χ2v) is 7.36. The summed E-state index contributed by atoms with van der Waals surface area (Å²) in [4.78, 5) is 33.7. The number of carbonyl (C=O) groups excluding carboxylic acids is 2. The SMILES string of the molecule is Cc1ccc(C(=O)N2CCCC3(CCN(Cc4cccnc4)C3=O)C2)o1. The van der Waals surface area contributed by atoms with Crippen LogP contribution in [0.15, 0.2) is 41.1 Å². The van der Waals surface area contributed by atoms with E-state index in [2.05, 4.69) is 4.98 Å². The van der Waals surface area contributed by atoms with Crippen LogP contribution in [0.25, 0.3) is 0 Å². The van der Waals surface area contributed by atoms with Crippen LogP contribution in [0.1, 0.15) is 41.1 Å². The molecule has 2 aliphatic heterocycles. The Morgan fingerprint density at radius 1 is 1.27 bits per heavy atom. The van der Waals surface area contributed by atoms with Crippen molar-refractivity contribution in [2.24, 2.45) is 5.41 Å². The largest absolute Gasteiger partial charge is 0.456 e. The molecule has 2 aromatic heterocycles. The van der Waals surface area contributed by atoms with Crippen LogP contribution in [0.2, 0.25) is 0 Å². The van der Waals surface area contributed by atoms with Gasteiger partial charge in [0.05, 0.1) is 5.41 Å². The zero-order chi connectivity index (χ0) is 18.1. The number of likely N-dealkylation sites (tertiary alicyclic amines) is 2. The van der Waals surface area contributed by atoms with E-state index in [0.29, 0.717) is 25.4 Å².